The number of hydrogen-bond donors (Lipinski definition) is 1. The highest BCUT2D eigenvalue weighted by Gasteiger charge is 2.35. The van der Waals surface area contributed by atoms with Gasteiger partial charge >= 0.3 is 6.09 Å². The molecule has 2 saturated heterocycles. The smallest absolute Gasteiger partial charge is 0.410 e. The number of nitrogens with zero attached hydrogens (tertiary/aromatic N) is 5. The summed E-state index contributed by atoms with van der Waals surface area (Å²) in [7, 11) is 3.49. The first-order valence-electron chi connectivity index (χ1n) is 17.1. The molecule has 15 nitrogen and oxygen atoms in total. The summed E-state index contributed by atoms with van der Waals surface area (Å²) in [6.45, 7) is 10.8. The van der Waals surface area contributed by atoms with Gasteiger partial charge in [-0.05, 0) is 64.2 Å². The van der Waals surface area contributed by atoms with Gasteiger partial charge in [-0.3, -0.25) is 24.3 Å². The van der Waals surface area contributed by atoms with Crippen LogP contribution in [0.15, 0.2) is 53.1 Å². The van der Waals surface area contributed by atoms with E-state index in [1.165, 1.54) is 12.0 Å². The fourth-order valence-corrected chi connectivity index (χ4v) is 5.98. The van der Waals surface area contributed by atoms with Gasteiger partial charge in [-0.1, -0.05) is 6.07 Å². The number of morpholine rings is 1. The molecule has 3 aliphatic rings. The maximum absolute atomic E-state index is 13.6. The third-order valence-electron chi connectivity index (χ3n) is 8.67. The molecule has 1 aromatic carbocycles. The first-order chi connectivity index (χ1) is 24.5. The molecule has 0 aliphatic carbocycles. The molecule has 6 rings (SSSR count). The highest BCUT2D eigenvalue weighted by atomic mass is 16.7. The van der Waals surface area contributed by atoms with Gasteiger partial charge in [0.2, 0.25) is 0 Å². The number of aromatic nitrogens is 1. The van der Waals surface area contributed by atoms with Crippen LogP contribution in [0.1, 0.15) is 37.1 Å². The van der Waals surface area contributed by atoms with Gasteiger partial charge in [0, 0.05) is 44.5 Å². The largest absolute Gasteiger partial charge is 0.486 e. The predicted octanol–water partition coefficient (Wildman–Crippen LogP) is 3.19. The van der Waals surface area contributed by atoms with Crippen LogP contribution >= 0.6 is 0 Å². The molecule has 274 valence electrons. The Hall–Kier alpha value is -4.70. The number of rotatable bonds is 9. The summed E-state index contributed by atoms with van der Waals surface area (Å²) in [5.41, 5.74) is 0.846. The van der Waals surface area contributed by atoms with Gasteiger partial charge in [-0.25, -0.2) is 4.79 Å². The molecule has 2 aromatic heterocycles. The average molecular weight is 707 g/mol. The molecule has 3 aliphatic heterocycles. The lowest BCUT2D eigenvalue weighted by atomic mass is 10.1. The molecule has 51 heavy (non-hydrogen) atoms. The first-order valence-corrected chi connectivity index (χ1v) is 17.1. The number of hydrogen-bond acceptors (Lipinski definition) is 12. The van der Waals surface area contributed by atoms with Gasteiger partial charge in [-0.15, -0.1) is 0 Å². The lowest BCUT2D eigenvalue weighted by Crippen LogP contribution is -2.53. The van der Waals surface area contributed by atoms with Crippen molar-refractivity contribution in [1.82, 2.24) is 25.0 Å². The third-order valence-corrected chi connectivity index (χ3v) is 8.67. The second-order valence-electron chi connectivity index (χ2n) is 13.7. The zero-order valence-electron chi connectivity index (χ0n) is 29.8. The van der Waals surface area contributed by atoms with Crippen LogP contribution in [0, 0.1) is 0 Å². The van der Waals surface area contributed by atoms with E-state index in [0.717, 1.165) is 37.0 Å². The number of ether oxygens (including phenoxy) is 4. The summed E-state index contributed by atoms with van der Waals surface area (Å²) in [5, 5.41) is 4.02. The Morgan fingerprint density at radius 3 is 2.63 bits per heavy atom. The fraction of sp³-hybridized carbons (Fsp3) is 0.500. The number of para-hydroxylation sites is 1. The van der Waals surface area contributed by atoms with E-state index < -0.39 is 29.8 Å². The SMILES string of the molecule is CON(C(=O)C1CN(C(=O)OC(C)(C)C)CCO1)c1ccnc(-c2cccc3c2OC(CNC(=O)c2ccc(CN4CCN(C)CC4)o2)CO3)c1. The van der Waals surface area contributed by atoms with Crippen molar-refractivity contribution in [3.8, 4) is 22.8 Å². The van der Waals surface area contributed by atoms with Crippen LogP contribution < -0.4 is 19.9 Å². The molecule has 15 heteroatoms. The Kier molecular flexibility index (Phi) is 11.1. The highest BCUT2D eigenvalue weighted by molar-refractivity contribution is 5.96. The summed E-state index contributed by atoms with van der Waals surface area (Å²) in [5.74, 6) is 1.15. The molecule has 2 unspecified atom stereocenters. The van der Waals surface area contributed by atoms with Gasteiger partial charge in [-0.2, -0.15) is 5.06 Å². The lowest BCUT2D eigenvalue weighted by Gasteiger charge is -2.35. The van der Waals surface area contributed by atoms with Crippen LogP contribution in [0.4, 0.5) is 10.5 Å². The van der Waals surface area contributed by atoms with Crippen LogP contribution in [-0.4, -0.2) is 129 Å². The summed E-state index contributed by atoms with van der Waals surface area (Å²) in [6, 6.07) is 12.3. The van der Waals surface area contributed by atoms with E-state index in [1.807, 2.05) is 18.2 Å². The van der Waals surface area contributed by atoms with Crippen LogP contribution in [0.25, 0.3) is 11.3 Å². The number of pyridine rings is 1. The molecule has 1 N–H and O–H groups in total. The number of fused-ring (bicyclic) bond motifs is 1. The Morgan fingerprint density at radius 2 is 1.86 bits per heavy atom. The predicted molar refractivity (Wildman–Crippen MR) is 185 cm³/mol. The van der Waals surface area contributed by atoms with Crippen molar-refractivity contribution < 1.29 is 42.6 Å². The van der Waals surface area contributed by atoms with E-state index in [1.54, 1.807) is 51.2 Å². The number of nitrogens with one attached hydrogen (secondary N) is 1. The van der Waals surface area contributed by atoms with Crippen molar-refractivity contribution in [2.75, 3.05) is 78.2 Å². The van der Waals surface area contributed by atoms with Crippen molar-refractivity contribution in [3.05, 3.63) is 60.2 Å². The Bertz CT molecular complexity index is 1700. The normalized spacial score (nSPS) is 19.7. The first kappa shape index (κ1) is 36.1. The summed E-state index contributed by atoms with van der Waals surface area (Å²) in [6.07, 6.45) is -0.413. The number of benzene rings is 1. The maximum Gasteiger partial charge on any atom is 0.410 e. The van der Waals surface area contributed by atoms with Crippen LogP contribution in [0.3, 0.4) is 0 Å². The van der Waals surface area contributed by atoms with Crippen LogP contribution in [-0.2, 0) is 25.7 Å². The maximum atomic E-state index is 13.6. The van der Waals surface area contributed by atoms with Crippen molar-refractivity contribution >= 4 is 23.6 Å². The number of furan rings is 1. The van der Waals surface area contributed by atoms with Crippen LogP contribution in [0.5, 0.6) is 11.5 Å². The van der Waals surface area contributed by atoms with E-state index in [-0.39, 0.29) is 38.0 Å². The van der Waals surface area contributed by atoms with Crippen molar-refractivity contribution in [2.24, 2.45) is 0 Å². The van der Waals surface area contributed by atoms with Gasteiger partial charge in [0.1, 0.15) is 24.1 Å². The van der Waals surface area contributed by atoms with Gasteiger partial charge in [0.25, 0.3) is 11.8 Å². The number of likely N-dealkylation sites (N-methyl/N-ethyl adjacent to an activating group) is 1. The summed E-state index contributed by atoms with van der Waals surface area (Å²) >= 11 is 0. The molecule has 0 bridgehead atoms. The van der Waals surface area contributed by atoms with E-state index >= 15 is 0 Å². The van der Waals surface area contributed by atoms with E-state index in [0.29, 0.717) is 41.5 Å². The van der Waals surface area contributed by atoms with Crippen LogP contribution in [0.2, 0.25) is 0 Å². The minimum Gasteiger partial charge on any atom is -0.486 e. The molecule has 3 amide bonds. The van der Waals surface area contributed by atoms with E-state index in [4.69, 9.17) is 28.2 Å². The molecular formula is C36H46N6O9. The van der Waals surface area contributed by atoms with Crippen molar-refractivity contribution in [2.45, 2.75) is 45.1 Å². The molecule has 0 radical (unpaired) electrons. The Balaban J connectivity index is 1.09. The third kappa shape index (κ3) is 8.97. The average Bonchev–Trinajstić information content (AvgIpc) is 3.59. The zero-order chi connectivity index (χ0) is 36.1. The lowest BCUT2D eigenvalue weighted by molar-refractivity contribution is -0.141. The van der Waals surface area contributed by atoms with E-state index in [9.17, 15) is 14.4 Å². The minimum absolute atomic E-state index is 0.0124. The van der Waals surface area contributed by atoms with Gasteiger partial charge in [0.05, 0.1) is 44.7 Å². The van der Waals surface area contributed by atoms with E-state index in [2.05, 4.69) is 27.1 Å². The molecular weight excluding hydrogens is 660 g/mol. The van der Waals surface area contributed by atoms with Crippen molar-refractivity contribution in [1.29, 1.82) is 0 Å². The van der Waals surface area contributed by atoms with Crippen molar-refractivity contribution in [3.63, 3.8) is 0 Å². The molecule has 0 spiro atoms. The fourth-order valence-electron chi connectivity index (χ4n) is 5.98. The van der Waals surface area contributed by atoms with Gasteiger partial charge in [0.15, 0.2) is 23.4 Å². The molecule has 2 atom stereocenters. The molecule has 3 aromatic rings. The summed E-state index contributed by atoms with van der Waals surface area (Å²) in [4.78, 5) is 55.4. The molecule has 2 fully saturated rings. The molecule has 5 heterocycles. The number of carbonyl (C=O) groups excluding carboxylic acids is 3. The topological polar surface area (TPSA) is 148 Å². The second kappa shape index (κ2) is 15.7. The zero-order valence-corrected chi connectivity index (χ0v) is 29.8. The van der Waals surface area contributed by atoms with Gasteiger partial charge < -0.3 is 38.5 Å². The summed E-state index contributed by atoms with van der Waals surface area (Å²) < 4.78 is 29.5. The number of anilines is 1. The second-order valence-corrected chi connectivity index (χ2v) is 13.7. The Labute approximate surface area is 297 Å². The number of amides is 3. The monoisotopic (exact) mass is 706 g/mol. The highest BCUT2D eigenvalue weighted by Crippen LogP contribution is 2.41. The number of piperazine rings is 1. The standard InChI is InChI=1S/C36H46N6O9/c1-36(2,3)51-35(45)41-17-18-47-31(22-41)34(44)42(46-5)24-11-12-37-28(19-24)27-7-6-8-29-32(27)50-26(23-48-29)20-38-33(43)30-10-9-25(49-30)21-40-15-13-39(4)14-16-40/h6-12,19,26,31H,13-18,20-23H2,1-5H3,(H,38,43). The molecule has 0 saturated carbocycles. The number of hydroxylamine groups is 1. The number of carbonyl (C=O) groups is 3. The minimum atomic E-state index is -0.968. The Morgan fingerprint density at radius 1 is 1.06 bits per heavy atom. The quantitative estimate of drug-likeness (QED) is 0.326.